The number of sulfonamides is 1. The Balaban J connectivity index is 0.911. The molecule has 5 aromatic rings. The second-order valence-corrected chi connectivity index (χ2v) is 18.1. The van der Waals surface area contributed by atoms with Gasteiger partial charge in [-0.25, -0.2) is 18.2 Å². The molecule has 386 valence electrons. The largest absolute Gasteiger partial charge is 0.494 e. The Kier molecular flexibility index (Phi) is 23.0. The number of rotatable bonds is 33. The third-order valence-electron chi connectivity index (χ3n) is 10.8. The average molecular weight is 1010 g/mol. The number of hydrogen-bond donors (Lipinski definition) is 5. The van der Waals surface area contributed by atoms with Crippen molar-refractivity contribution in [1.29, 1.82) is 0 Å². The number of aromatic nitrogens is 4. The molecule has 2 aromatic heterocycles. The Labute approximate surface area is 414 Å². The van der Waals surface area contributed by atoms with Gasteiger partial charge in [-0.2, -0.15) is 9.82 Å². The fraction of sp³-hybridized carbons (Fsp3) is 0.469. The van der Waals surface area contributed by atoms with Gasteiger partial charge >= 0.3 is 12.1 Å². The Morgan fingerprint density at radius 3 is 2.14 bits per heavy atom. The minimum atomic E-state index is -4.29. The number of carbonyl (C=O) groups is 4. The molecule has 0 aliphatic rings. The fourth-order valence-electron chi connectivity index (χ4n) is 7.24. The number of hydrogen-bond acceptors (Lipinski definition) is 15. The van der Waals surface area contributed by atoms with Gasteiger partial charge in [0, 0.05) is 82.7 Å². The minimum absolute atomic E-state index is 0.0425. The average Bonchev–Trinajstić information content (AvgIpc) is 3.97. The van der Waals surface area contributed by atoms with Crippen LogP contribution in [0.4, 0.5) is 10.7 Å². The summed E-state index contributed by atoms with van der Waals surface area (Å²) in [6.45, 7) is 8.16. The van der Waals surface area contributed by atoms with Gasteiger partial charge in [-0.05, 0) is 86.6 Å². The summed E-state index contributed by atoms with van der Waals surface area (Å²) in [6.07, 6.45) is 7.53. The van der Waals surface area contributed by atoms with Crippen LogP contribution in [0.2, 0.25) is 0 Å². The minimum Gasteiger partial charge on any atom is -0.494 e. The van der Waals surface area contributed by atoms with Crippen molar-refractivity contribution >= 4 is 50.8 Å². The van der Waals surface area contributed by atoms with Gasteiger partial charge in [0.05, 0.1) is 56.8 Å². The molecule has 1 atom stereocenters. The van der Waals surface area contributed by atoms with Gasteiger partial charge in [0.1, 0.15) is 18.4 Å². The molecule has 0 saturated heterocycles. The number of esters is 1. The van der Waals surface area contributed by atoms with E-state index in [1.54, 1.807) is 56.6 Å². The molecule has 5 N–H and O–H groups in total. The molecule has 2 heterocycles. The number of alkyl carbamates (subject to hydrolysis) is 1. The number of benzene rings is 3. The number of anilines is 1. The molecule has 21 nitrogen and oxygen atoms in total. The summed E-state index contributed by atoms with van der Waals surface area (Å²) in [5, 5.41) is 16.7. The van der Waals surface area contributed by atoms with Gasteiger partial charge in [-0.15, -0.1) is 0 Å². The summed E-state index contributed by atoms with van der Waals surface area (Å²) in [7, 11) is -1.24. The van der Waals surface area contributed by atoms with E-state index in [4.69, 9.17) is 28.4 Å². The van der Waals surface area contributed by atoms with Crippen LogP contribution in [0.1, 0.15) is 59.2 Å². The van der Waals surface area contributed by atoms with Crippen LogP contribution < -0.4 is 30.7 Å². The van der Waals surface area contributed by atoms with E-state index in [1.165, 1.54) is 0 Å². The number of ether oxygens (including phenoxy) is 6. The zero-order chi connectivity index (χ0) is 50.9. The molecule has 0 saturated carbocycles. The number of carbonyl (C=O) groups excluding carboxylic acids is 4. The lowest BCUT2D eigenvalue weighted by Gasteiger charge is -2.20. The van der Waals surface area contributed by atoms with Crippen LogP contribution in [-0.4, -0.2) is 137 Å². The van der Waals surface area contributed by atoms with Crippen LogP contribution >= 0.6 is 0 Å². The van der Waals surface area contributed by atoms with Gasteiger partial charge in [0.15, 0.2) is 0 Å². The van der Waals surface area contributed by atoms with Crippen LogP contribution in [0, 0.1) is 13.8 Å². The van der Waals surface area contributed by atoms with Crippen LogP contribution in [0.25, 0.3) is 10.9 Å². The highest BCUT2D eigenvalue weighted by molar-refractivity contribution is 7.89. The van der Waals surface area contributed by atoms with E-state index in [0.717, 1.165) is 35.9 Å². The second kappa shape index (κ2) is 29.6. The normalized spacial score (nSPS) is 11.8. The van der Waals surface area contributed by atoms with E-state index < -0.39 is 34.0 Å². The molecule has 5 rings (SSSR count). The zero-order valence-corrected chi connectivity index (χ0v) is 41.7. The Morgan fingerprint density at radius 1 is 0.775 bits per heavy atom. The zero-order valence-electron chi connectivity index (χ0n) is 40.9. The van der Waals surface area contributed by atoms with Crippen molar-refractivity contribution in [3.05, 3.63) is 102 Å². The van der Waals surface area contributed by atoms with E-state index >= 15 is 0 Å². The first-order chi connectivity index (χ1) is 34.3. The SMILES string of the molecule is COC(=O)C(CNC(=O)c1ccc2c(cnn2CCCNc2nccn2C)c1)NS(=O)(=O)c1c(C)cc(OCCCC(=O)NCCCOCCOCCOCCCNC(=O)OCc2ccccc2)cc1C. The first-order valence-corrected chi connectivity index (χ1v) is 25.1. The first-order valence-electron chi connectivity index (χ1n) is 23.6. The predicted molar refractivity (Wildman–Crippen MR) is 264 cm³/mol. The van der Waals surface area contributed by atoms with Crippen molar-refractivity contribution in [3.63, 3.8) is 0 Å². The highest BCUT2D eigenvalue weighted by Gasteiger charge is 2.30. The van der Waals surface area contributed by atoms with Crippen molar-refractivity contribution in [1.82, 2.24) is 40.0 Å². The van der Waals surface area contributed by atoms with E-state index in [-0.39, 0.29) is 37.0 Å². The van der Waals surface area contributed by atoms with Crippen molar-refractivity contribution in [2.75, 3.05) is 84.9 Å². The van der Waals surface area contributed by atoms with Crippen LogP contribution in [0.15, 0.2) is 84.1 Å². The first kappa shape index (κ1) is 55.3. The molecule has 3 amide bonds. The highest BCUT2D eigenvalue weighted by Crippen LogP contribution is 2.26. The number of aryl methyl sites for hydroxylation is 4. The van der Waals surface area contributed by atoms with Gasteiger partial charge < -0.3 is 54.3 Å². The molecule has 22 heteroatoms. The molecule has 3 aromatic carbocycles. The molecule has 0 radical (unpaired) electrons. The van der Waals surface area contributed by atoms with Gasteiger partial charge in [-0.3, -0.25) is 19.1 Å². The maximum atomic E-state index is 13.7. The lowest BCUT2D eigenvalue weighted by Crippen LogP contribution is -2.49. The Bertz CT molecular complexity index is 2550. The van der Waals surface area contributed by atoms with E-state index in [2.05, 4.69) is 36.1 Å². The Hall–Kier alpha value is -6.59. The van der Waals surface area contributed by atoms with Crippen LogP contribution in [0.5, 0.6) is 5.75 Å². The number of amides is 3. The van der Waals surface area contributed by atoms with Gasteiger partial charge in [0.25, 0.3) is 5.91 Å². The van der Waals surface area contributed by atoms with Crippen molar-refractivity contribution in [2.24, 2.45) is 7.05 Å². The van der Waals surface area contributed by atoms with Gasteiger partial charge in [-0.1, -0.05) is 30.3 Å². The summed E-state index contributed by atoms with van der Waals surface area (Å²) in [6, 6.07) is 16.3. The molecule has 0 fully saturated rings. The van der Waals surface area contributed by atoms with E-state index in [1.807, 2.05) is 52.8 Å². The summed E-state index contributed by atoms with van der Waals surface area (Å²) in [5.41, 5.74) is 2.82. The lowest BCUT2D eigenvalue weighted by atomic mass is 10.1. The third kappa shape index (κ3) is 18.9. The molecule has 0 spiro atoms. The molecule has 1 unspecified atom stereocenters. The number of nitrogens with zero attached hydrogens (tertiary/aromatic N) is 4. The fourth-order valence-corrected chi connectivity index (χ4v) is 8.88. The summed E-state index contributed by atoms with van der Waals surface area (Å²) < 4.78 is 66.1. The smallest absolute Gasteiger partial charge is 0.407 e. The number of nitrogens with one attached hydrogen (secondary N) is 5. The molecule has 0 aliphatic heterocycles. The predicted octanol–water partition coefficient (Wildman–Crippen LogP) is 4.17. The summed E-state index contributed by atoms with van der Waals surface area (Å²) >= 11 is 0. The summed E-state index contributed by atoms with van der Waals surface area (Å²) in [4.78, 5) is 54.4. The third-order valence-corrected chi connectivity index (χ3v) is 12.6. The quantitative estimate of drug-likeness (QED) is 0.0292. The van der Waals surface area contributed by atoms with Gasteiger partial charge in [0.2, 0.25) is 21.9 Å². The monoisotopic (exact) mass is 1010 g/mol. The molecular weight excluding hydrogens is 939 g/mol. The van der Waals surface area contributed by atoms with E-state index in [0.29, 0.717) is 108 Å². The molecule has 0 bridgehead atoms. The van der Waals surface area contributed by atoms with E-state index in [9.17, 15) is 27.6 Å². The van der Waals surface area contributed by atoms with Crippen molar-refractivity contribution in [3.8, 4) is 5.75 Å². The maximum Gasteiger partial charge on any atom is 0.407 e. The van der Waals surface area contributed by atoms with Crippen molar-refractivity contribution in [2.45, 2.75) is 70.0 Å². The number of fused-ring (bicyclic) bond motifs is 1. The van der Waals surface area contributed by atoms with Crippen LogP contribution in [0.3, 0.4) is 0 Å². The molecule has 0 aliphatic carbocycles. The molecule has 71 heavy (non-hydrogen) atoms. The van der Waals surface area contributed by atoms with Crippen molar-refractivity contribution < 1.29 is 56.0 Å². The number of methoxy groups -OCH3 is 1. The molecular formula is C49H67N9O12S. The number of imidazole rings is 1. The Morgan fingerprint density at radius 2 is 1.46 bits per heavy atom. The van der Waals surface area contributed by atoms with Crippen LogP contribution in [-0.2, 0) is 63.5 Å². The lowest BCUT2D eigenvalue weighted by molar-refractivity contribution is -0.142. The maximum absolute atomic E-state index is 13.7. The second-order valence-electron chi connectivity index (χ2n) is 16.4. The summed E-state index contributed by atoms with van der Waals surface area (Å²) in [5.74, 6) is -0.316. The standard InChI is InChI=1S/C49H67N9O12S/c1-36-30-41(69-25-8-14-44(59)50-18-10-23-66-26-28-68-29-27-67-24-11-19-53-49(62)70-35-38-12-6-5-7-13-38)31-37(2)45(36)71(63,64)56-42(47(61)65-4)34-54-46(60)39-15-16-43-40(32-39)33-55-58(43)21-9-17-51-48-52-20-22-57(48)3/h5-7,12-13,15-16,20,22,30-33,42,56H,8-11,14,17-19,21,23-29,34-35H2,1-4H3,(H,50,59)(H,51,52)(H,53,62)(H,54,60). The topological polar surface area (TPSA) is 254 Å². The highest BCUT2D eigenvalue weighted by atomic mass is 32.2.